The fourth-order valence-corrected chi connectivity index (χ4v) is 1.30. The summed E-state index contributed by atoms with van der Waals surface area (Å²) in [5, 5.41) is 0. The third-order valence-electron chi connectivity index (χ3n) is 2.22. The monoisotopic (exact) mass is 212 g/mol. The first-order chi connectivity index (χ1) is 5.37. The molecule has 0 rings (SSSR count). The summed E-state index contributed by atoms with van der Waals surface area (Å²) in [7, 11) is 0. The van der Waals surface area contributed by atoms with Gasteiger partial charge in [-0.1, -0.05) is 20.8 Å². The zero-order chi connectivity index (χ0) is 9.89. The summed E-state index contributed by atoms with van der Waals surface area (Å²) in [5.41, 5.74) is 11.7. The molecule has 2 nitrogen and oxygen atoms in total. The fraction of sp³-hybridized carbons (Fsp3) is 1.00. The summed E-state index contributed by atoms with van der Waals surface area (Å²) in [6, 6.07) is -0.176. The van der Waals surface area contributed by atoms with Crippen molar-refractivity contribution in [2.45, 2.75) is 37.7 Å². The van der Waals surface area contributed by atoms with E-state index in [0.717, 1.165) is 0 Å². The Hall–Kier alpha value is 0.500. The third-order valence-corrected chi connectivity index (χ3v) is 3.01. The molecule has 74 valence electrons. The molecule has 4 N–H and O–H groups in total. The average molecular weight is 213 g/mol. The number of hydrogen-bond acceptors (Lipinski definition) is 2. The Balaban J connectivity index is 4.08. The molecule has 0 bridgehead atoms. The van der Waals surface area contributed by atoms with E-state index in [1.54, 1.807) is 0 Å². The van der Waals surface area contributed by atoms with Gasteiger partial charge in [0.05, 0.1) is 0 Å². The van der Waals surface area contributed by atoms with Gasteiger partial charge in [-0.25, -0.2) is 0 Å². The average Bonchev–Trinajstić information content (AvgIpc) is 2.00. The van der Waals surface area contributed by atoms with Crippen LogP contribution in [0, 0.1) is 11.8 Å². The van der Waals surface area contributed by atoms with Gasteiger partial charge < -0.3 is 11.5 Å². The summed E-state index contributed by atoms with van der Waals surface area (Å²) in [6.45, 7) is 5.99. The van der Waals surface area contributed by atoms with Gasteiger partial charge in [0, 0.05) is 18.0 Å². The fourth-order valence-electron chi connectivity index (χ4n) is 0.963. The second kappa shape index (κ2) is 5.28. The molecule has 0 fully saturated rings. The van der Waals surface area contributed by atoms with Crippen LogP contribution in [0.15, 0.2) is 0 Å². The molecule has 0 saturated carbocycles. The Bertz CT molecular complexity index is 114. The molecule has 3 atom stereocenters. The molecule has 0 aliphatic carbocycles. The van der Waals surface area contributed by atoms with Crippen molar-refractivity contribution < 1.29 is 0 Å². The summed E-state index contributed by atoms with van der Waals surface area (Å²) in [4.78, 5) is -0.440. The maximum Gasteiger partial charge on any atom is 0.111 e. The zero-order valence-electron chi connectivity index (χ0n) is 7.80. The molecule has 0 saturated heterocycles. The first kappa shape index (κ1) is 12.5. The lowest BCUT2D eigenvalue weighted by molar-refractivity contribution is 0.343. The van der Waals surface area contributed by atoms with Crippen molar-refractivity contribution in [3.8, 4) is 0 Å². The minimum Gasteiger partial charge on any atom is -0.326 e. The van der Waals surface area contributed by atoms with Crippen molar-refractivity contribution in [2.24, 2.45) is 23.3 Å². The minimum atomic E-state index is -0.440. The molecule has 0 aliphatic rings. The van der Waals surface area contributed by atoms with Gasteiger partial charge in [0.15, 0.2) is 0 Å². The largest absolute Gasteiger partial charge is 0.326 e. The van der Waals surface area contributed by atoms with Gasteiger partial charge in [-0.05, 0) is 5.92 Å². The summed E-state index contributed by atoms with van der Waals surface area (Å²) in [6.07, 6.45) is 0. The molecule has 0 aromatic rings. The van der Waals surface area contributed by atoms with Gasteiger partial charge in [0.2, 0.25) is 0 Å². The molecule has 3 unspecified atom stereocenters. The second-order valence-corrected chi connectivity index (χ2v) is 4.76. The Labute approximate surface area is 84.6 Å². The van der Waals surface area contributed by atoms with E-state index in [4.69, 9.17) is 34.7 Å². The van der Waals surface area contributed by atoms with Crippen LogP contribution >= 0.6 is 23.2 Å². The number of nitrogens with two attached hydrogens (primary N) is 2. The van der Waals surface area contributed by atoms with Gasteiger partial charge >= 0.3 is 0 Å². The molecule has 4 heteroatoms. The van der Waals surface area contributed by atoms with E-state index < -0.39 is 4.84 Å². The van der Waals surface area contributed by atoms with Crippen LogP contribution in [0.5, 0.6) is 0 Å². The molecule has 12 heavy (non-hydrogen) atoms. The molecular formula is C8H18Cl2N2. The second-order valence-electron chi connectivity index (χ2n) is 3.59. The Morgan fingerprint density at radius 1 is 0.917 bits per heavy atom. The lowest BCUT2D eigenvalue weighted by atomic mass is 9.90. The van der Waals surface area contributed by atoms with E-state index in [1.165, 1.54) is 0 Å². The highest BCUT2D eigenvalue weighted by atomic mass is 35.5. The number of halogens is 2. The highest BCUT2D eigenvalue weighted by molar-refractivity contribution is 6.44. The molecule has 0 amide bonds. The Morgan fingerprint density at radius 3 is 1.58 bits per heavy atom. The van der Waals surface area contributed by atoms with E-state index in [2.05, 4.69) is 0 Å². The summed E-state index contributed by atoms with van der Waals surface area (Å²) < 4.78 is 0. The maximum absolute atomic E-state index is 5.87. The van der Waals surface area contributed by atoms with Crippen LogP contribution in [0.2, 0.25) is 0 Å². The number of hydrogen-bond donors (Lipinski definition) is 2. The highest BCUT2D eigenvalue weighted by Gasteiger charge is 2.26. The smallest absolute Gasteiger partial charge is 0.111 e. The molecule has 0 radical (unpaired) electrons. The van der Waals surface area contributed by atoms with Crippen LogP contribution < -0.4 is 11.5 Å². The van der Waals surface area contributed by atoms with Crippen molar-refractivity contribution >= 4 is 23.2 Å². The van der Waals surface area contributed by atoms with Gasteiger partial charge in [-0.15, -0.1) is 23.2 Å². The van der Waals surface area contributed by atoms with Gasteiger partial charge in [0.25, 0.3) is 0 Å². The normalized spacial score (nSPS) is 19.8. The number of alkyl halides is 2. The van der Waals surface area contributed by atoms with Crippen molar-refractivity contribution in [3.05, 3.63) is 0 Å². The molecule has 0 aromatic heterocycles. The predicted octanol–water partition coefficient (Wildman–Crippen LogP) is 1.74. The first-order valence-corrected chi connectivity index (χ1v) is 5.04. The van der Waals surface area contributed by atoms with Crippen molar-refractivity contribution in [3.63, 3.8) is 0 Å². The van der Waals surface area contributed by atoms with E-state index in [0.29, 0.717) is 5.92 Å². The molecule has 0 aromatic carbocycles. The Kier molecular flexibility index (Phi) is 5.50. The molecule has 0 spiro atoms. The summed E-state index contributed by atoms with van der Waals surface area (Å²) >= 11 is 11.4. The molecular weight excluding hydrogens is 195 g/mol. The standard InChI is InChI=1S/C8H18Cl2N2/c1-4(2)6(11)7(12)5(3)8(9)10/h4-8H,11-12H2,1-3H3. The van der Waals surface area contributed by atoms with Crippen LogP contribution in [-0.2, 0) is 0 Å². The zero-order valence-corrected chi connectivity index (χ0v) is 9.31. The van der Waals surface area contributed by atoms with Crippen LogP contribution in [0.25, 0.3) is 0 Å². The molecule has 0 aliphatic heterocycles. The van der Waals surface area contributed by atoms with E-state index >= 15 is 0 Å². The van der Waals surface area contributed by atoms with Crippen LogP contribution in [0.4, 0.5) is 0 Å². The predicted molar refractivity (Wildman–Crippen MR) is 55.4 cm³/mol. The van der Waals surface area contributed by atoms with Gasteiger partial charge in [-0.3, -0.25) is 0 Å². The van der Waals surface area contributed by atoms with Gasteiger partial charge in [-0.2, -0.15) is 0 Å². The van der Waals surface area contributed by atoms with Gasteiger partial charge in [0.1, 0.15) is 4.84 Å². The van der Waals surface area contributed by atoms with E-state index in [1.807, 2.05) is 20.8 Å². The van der Waals surface area contributed by atoms with E-state index in [-0.39, 0.29) is 18.0 Å². The Morgan fingerprint density at radius 2 is 1.33 bits per heavy atom. The van der Waals surface area contributed by atoms with E-state index in [9.17, 15) is 0 Å². The first-order valence-electron chi connectivity index (χ1n) is 4.17. The van der Waals surface area contributed by atoms with Crippen LogP contribution in [0.1, 0.15) is 20.8 Å². The highest BCUT2D eigenvalue weighted by Crippen LogP contribution is 2.20. The minimum absolute atomic E-state index is 0.0331. The number of rotatable bonds is 4. The van der Waals surface area contributed by atoms with Crippen LogP contribution in [0.3, 0.4) is 0 Å². The lowest BCUT2D eigenvalue weighted by Crippen LogP contribution is -2.50. The maximum atomic E-state index is 5.87. The molecule has 0 heterocycles. The topological polar surface area (TPSA) is 52.0 Å². The SMILES string of the molecule is CC(C)C(N)C(N)C(C)C(Cl)Cl. The quantitative estimate of drug-likeness (QED) is 0.699. The van der Waals surface area contributed by atoms with Crippen LogP contribution in [-0.4, -0.2) is 16.9 Å². The van der Waals surface area contributed by atoms with Crippen molar-refractivity contribution in [1.29, 1.82) is 0 Å². The lowest BCUT2D eigenvalue weighted by Gasteiger charge is -2.28. The van der Waals surface area contributed by atoms with Crippen molar-refractivity contribution in [1.82, 2.24) is 0 Å². The third kappa shape index (κ3) is 3.48. The van der Waals surface area contributed by atoms with Crippen molar-refractivity contribution in [2.75, 3.05) is 0 Å². The summed E-state index contributed by atoms with van der Waals surface area (Å²) in [5.74, 6) is 0.389.